The second kappa shape index (κ2) is 18.0. The standard InChI is InChI=1S/C25H40N7O18P3S/c1-11(33)20-30-19(26)15-22(31-20)32(21(29-15)12(2)34)24-16(36)17(49-51(39,40)41)13(48-24)9-46-52(42,43)50-53(44,45)47-10-25(3,4)18(37)23(38)28-6-5-14(35)27-7-8-54/h13,16-18,24,36-37,54H,5-10H2,1-4H3,(H,27,35)(H,28,38)(H,42,43)(H,44,45)(H2,26,30,31)(H2,39,40,41)/t13-,16-,17-,18+,24-/m1/s1. The second-order valence-corrected chi connectivity index (χ2v) is 16.9. The molecule has 10 N–H and O–H groups in total. The number of nitrogens with two attached hydrogens (primary N) is 1. The summed E-state index contributed by atoms with van der Waals surface area (Å²) >= 11 is 3.95. The number of carbonyl (C=O) groups excluding carboxylic acids is 4. The number of fused-ring (bicyclic) bond motifs is 1. The van der Waals surface area contributed by atoms with Crippen molar-refractivity contribution in [2.24, 2.45) is 5.41 Å². The van der Waals surface area contributed by atoms with Crippen LogP contribution in [0.15, 0.2) is 0 Å². The summed E-state index contributed by atoms with van der Waals surface area (Å²) in [6.45, 7) is 2.56. The van der Waals surface area contributed by atoms with Crippen molar-refractivity contribution in [1.82, 2.24) is 30.2 Å². The summed E-state index contributed by atoms with van der Waals surface area (Å²) in [6.07, 6.45) is -10.0. The Kier molecular flexibility index (Phi) is 15.2. The number of anilines is 1. The van der Waals surface area contributed by atoms with Crippen molar-refractivity contribution in [2.45, 2.75) is 64.8 Å². The van der Waals surface area contributed by atoms with Crippen LogP contribution in [0.4, 0.5) is 5.82 Å². The van der Waals surface area contributed by atoms with Crippen LogP contribution in [0.1, 0.15) is 61.6 Å². The van der Waals surface area contributed by atoms with Crippen molar-refractivity contribution >= 4 is 76.5 Å². The van der Waals surface area contributed by atoms with E-state index in [0.29, 0.717) is 12.3 Å². The van der Waals surface area contributed by atoms with E-state index in [1.165, 1.54) is 13.8 Å². The van der Waals surface area contributed by atoms with E-state index in [-0.39, 0.29) is 29.9 Å². The lowest BCUT2D eigenvalue weighted by Gasteiger charge is -2.30. The van der Waals surface area contributed by atoms with Crippen LogP contribution in [0.2, 0.25) is 0 Å². The Morgan fingerprint density at radius 1 is 1.00 bits per heavy atom. The number of rotatable bonds is 20. The Bertz CT molecular complexity index is 1890. The molecule has 25 nitrogen and oxygen atoms in total. The van der Waals surface area contributed by atoms with Gasteiger partial charge in [-0.1, -0.05) is 13.8 Å². The number of imidazole rings is 1. The van der Waals surface area contributed by atoms with Crippen LogP contribution in [0.3, 0.4) is 0 Å². The molecule has 3 rings (SSSR count). The van der Waals surface area contributed by atoms with Gasteiger partial charge in [0, 0.05) is 44.5 Å². The van der Waals surface area contributed by atoms with Crippen molar-refractivity contribution in [3.63, 3.8) is 0 Å². The lowest BCUT2D eigenvalue weighted by Crippen LogP contribution is -2.46. The number of amides is 2. The molecule has 304 valence electrons. The molecule has 0 bridgehead atoms. The SMILES string of the molecule is CC(=O)c1nc(N)c2nc(C(C)=O)n([C@@H]3O[C@H](COP(=O)(O)OP(=O)(O)OCC(C)(C)[C@@H](O)C(=O)NCCC(=O)NCCS)[C@@H](OP(=O)(O)O)[C@H]3O)c2n1. The summed E-state index contributed by atoms with van der Waals surface area (Å²) in [6, 6.07) is 0. The maximum atomic E-state index is 12.7. The zero-order chi connectivity index (χ0) is 41.0. The third kappa shape index (κ3) is 12.1. The molecule has 0 aliphatic carbocycles. The smallest absolute Gasteiger partial charge is 0.386 e. The Labute approximate surface area is 311 Å². The van der Waals surface area contributed by atoms with Gasteiger partial charge in [0.15, 0.2) is 46.4 Å². The van der Waals surface area contributed by atoms with Crippen LogP contribution in [0.5, 0.6) is 0 Å². The van der Waals surface area contributed by atoms with Crippen molar-refractivity contribution in [3.05, 3.63) is 11.6 Å². The number of ketones is 2. The van der Waals surface area contributed by atoms with Gasteiger partial charge in [0.2, 0.25) is 11.8 Å². The minimum atomic E-state index is -5.67. The number of carbonyl (C=O) groups is 4. The van der Waals surface area contributed by atoms with Crippen molar-refractivity contribution in [1.29, 1.82) is 0 Å². The molecular weight excluding hydrogens is 811 g/mol. The molecule has 0 spiro atoms. The highest BCUT2D eigenvalue weighted by atomic mass is 32.1. The topological polar surface area (TPSA) is 381 Å². The molecule has 1 aliphatic heterocycles. The molecule has 2 aromatic rings. The largest absolute Gasteiger partial charge is 0.481 e. The van der Waals surface area contributed by atoms with Crippen LogP contribution in [-0.2, 0) is 45.9 Å². The van der Waals surface area contributed by atoms with Crippen LogP contribution < -0.4 is 16.4 Å². The van der Waals surface area contributed by atoms with Crippen molar-refractivity contribution in [3.8, 4) is 0 Å². The van der Waals surface area contributed by atoms with Crippen molar-refractivity contribution in [2.75, 3.05) is 37.8 Å². The highest BCUT2D eigenvalue weighted by molar-refractivity contribution is 7.80. The van der Waals surface area contributed by atoms with E-state index in [4.69, 9.17) is 19.5 Å². The predicted molar refractivity (Wildman–Crippen MR) is 183 cm³/mol. The lowest BCUT2D eigenvalue weighted by atomic mass is 9.87. The average Bonchev–Trinajstić information content (AvgIpc) is 3.57. The summed E-state index contributed by atoms with van der Waals surface area (Å²) in [7, 11) is -16.7. The third-order valence-corrected chi connectivity index (χ3v) is 10.6. The van der Waals surface area contributed by atoms with Gasteiger partial charge in [0.05, 0.1) is 13.2 Å². The molecule has 29 heteroatoms. The number of phosphoric acid groups is 3. The first-order valence-electron chi connectivity index (χ1n) is 15.4. The molecule has 0 aromatic carbocycles. The van der Waals surface area contributed by atoms with E-state index < -0.39 is 108 Å². The highest BCUT2D eigenvalue weighted by Crippen LogP contribution is 2.61. The molecule has 0 saturated carbocycles. The molecule has 1 aliphatic rings. The van der Waals surface area contributed by atoms with Gasteiger partial charge < -0.3 is 50.9 Å². The number of nitrogens with zero attached hydrogens (tertiary/aromatic N) is 4. The van der Waals surface area contributed by atoms with Gasteiger partial charge in [-0.05, 0) is 0 Å². The van der Waals surface area contributed by atoms with Crippen LogP contribution in [-0.4, -0.2) is 129 Å². The van der Waals surface area contributed by atoms with Gasteiger partial charge in [-0.2, -0.15) is 16.9 Å². The van der Waals surface area contributed by atoms with E-state index in [1.807, 2.05) is 0 Å². The summed E-state index contributed by atoms with van der Waals surface area (Å²) in [4.78, 5) is 99.9. The second-order valence-electron chi connectivity index (χ2n) is 12.2. The van der Waals surface area contributed by atoms with Crippen molar-refractivity contribution < 1.29 is 85.3 Å². The first-order chi connectivity index (χ1) is 24.8. The summed E-state index contributed by atoms with van der Waals surface area (Å²) < 4.78 is 62.0. The molecule has 7 atom stereocenters. The Morgan fingerprint density at radius 3 is 2.20 bits per heavy atom. The summed E-state index contributed by atoms with van der Waals surface area (Å²) in [5.74, 6) is -3.71. The normalized spacial score (nSPS) is 22.0. The zero-order valence-corrected chi connectivity index (χ0v) is 32.4. The number of ether oxygens (including phenoxy) is 1. The molecule has 0 radical (unpaired) electrons. The van der Waals surface area contributed by atoms with Gasteiger partial charge in [0.25, 0.3) is 0 Å². The quantitative estimate of drug-likeness (QED) is 0.0422. The number of aromatic nitrogens is 4. The predicted octanol–water partition coefficient (Wildman–Crippen LogP) is -1.26. The third-order valence-electron chi connectivity index (χ3n) is 7.30. The number of hydrogen-bond acceptors (Lipinski definition) is 19. The van der Waals surface area contributed by atoms with Gasteiger partial charge in [-0.25, -0.2) is 28.6 Å². The van der Waals surface area contributed by atoms with Crippen LogP contribution >= 0.6 is 36.1 Å². The Balaban J connectivity index is 1.75. The molecule has 2 aromatic heterocycles. The maximum absolute atomic E-state index is 12.7. The molecular formula is C25H40N7O18P3S. The number of aliphatic hydroxyl groups excluding tert-OH is 2. The van der Waals surface area contributed by atoms with Crippen LogP contribution in [0, 0.1) is 5.41 Å². The monoisotopic (exact) mass is 851 g/mol. The number of hydrogen-bond donors (Lipinski definition) is 10. The summed E-state index contributed by atoms with van der Waals surface area (Å²) in [5.41, 5.74) is 3.69. The van der Waals surface area contributed by atoms with E-state index in [1.54, 1.807) is 0 Å². The van der Waals surface area contributed by atoms with E-state index in [9.17, 15) is 62.7 Å². The van der Waals surface area contributed by atoms with E-state index in [0.717, 1.165) is 18.4 Å². The number of Topliss-reactive ketones (excluding diaryl/α,β-unsaturated/α-hetero) is 2. The fraction of sp³-hybridized carbons (Fsp3) is 0.640. The lowest BCUT2D eigenvalue weighted by molar-refractivity contribution is -0.137. The minimum Gasteiger partial charge on any atom is -0.386 e. The molecule has 1 fully saturated rings. The molecule has 2 amide bonds. The number of nitrogens with one attached hydrogen (secondary N) is 2. The number of nitrogen functional groups attached to an aromatic ring is 1. The molecule has 54 heavy (non-hydrogen) atoms. The number of thiol groups is 1. The van der Waals surface area contributed by atoms with Gasteiger partial charge >= 0.3 is 23.5 Å². The van der Waals surface area contributed by atoms with E-state index in [2.05, 4.69) is 47.0 Å². The molecule has 3 heterocycles. The molecule has 2 unspecified atom stereocenters. The fourth-order valence-electron chi connectivity index (χ4n) is 4.70. The van der Waals surface area contributed by atoms with Gasteiger partial charge in [-0.3, -0.25) is 37.3 Å². The van der Waals surface area contributed by atoms with Crippen LogP contribution in [0.25, 0.3) is 11.2 Å². The Morgan fingerprint density at radius 2 is 1.63 bits per heavy atom. The van der Waals surface area contributed by atoms with Gasteiger partial charge in [-0.15, -0.1) is 0 Å². The van der Waals surface area contributed by atoms with E-state index >= 15 is 0 Å². The zero-order valence-electron chi connectivity index (χ0n) is 28.9. The summed E-state index contributed by atoms with van der Waals surface area (Å²) in [5, 5.41) is 26.4. The Hall–Kier alpha value is -2.77. The molecule has 1 saturated heterocycles. The van der Waals surface area contributed by atoms with Gasteiger partial charge in [0.1, 0.15) is 24.4 Å². The first-order valence-corrected chi connectivity index (χ1v) is 20.6. The first kappa shape index (κ1) is 45.6. The number of phosphoric ester groups is 3. The fourth-order valence-corrected chi connectivity index (χ4v) is 7.65. The maximum Gasteiger partial charge on any atom is 0.481 e. The highest BCUT2D eigenvalue weighted by Gasteiger charge is 2.51. The minimum absolute atomic E-state index is 0.127. The number of aliphatic hydroxyl groups is 2. The average molecular weight is 852 g/mol.